The molecule has 3 atom stereocenters. The van der Waals surface area contributed by atoms with Crippen LogP contribution in [0.4, 0.5) is 0 Å². The standard InChI is InChI=1S/C12H15ClO3/c1-15-12-10(14)6-11(12)16-7-8-2-4-9(13)5-3-8/h2-5,10-12,14H,6-7H2,1H3. The van der Waals surface area contributed by atoms with E-state index in [9.17, 15) is 5.11 Å². The van der Waals surface area contributed by atoms with Crippen LogP contribution in [0.5, 0.6) is 0 Å². The van der Waals surface area contributed by atoms with E-state index in [0.29, 0.717) is 13.0 Å². The minimum atomic E-state index is -0.389. The van der Waals surface area contributed by atoms with Gasteiger partial charge in [-0.2, -0.15) is 0 Å². The summed E-state index contributed by atoms with van der Waals surface area (Å²) in [6, 6.07) is 7.53. The van der Waals surface area contributed by atoms with E-state index in [2.05, 4.69) is 0 Å². The second-order valence-electron chi connectivity index (χ2n) is 3.98. The predicted octanol–water partition coefficient (Wildman–Crippen LogP) is 2.00. The van der Waals surface area contributed by atoms with Crippen LogP contribution in [-0.4, -0.2) is 30.5 Å². The van der Waals surface area contributed by atoms with Crippen LogP contribution in [0.15, 0.2) is 24.3 Å². The first kappa shape index (κ1) is 11.9. The smallest absolute Gasteiger partial charge is 0.109 e. The minimum Gasteiger partial charge on any atom is -0.390 e. The SMILES string of the molecule is COC1C(O)CC1OCc1ccc(Cl)cc1. The molecule has 88 valence electrons. The fourth-order valence-corrected chi connectivity index (χ4v) is 1.94. The topological polar surface area (TPSA) is 38.7 Å². The number of hydrogen-bond donors (Lipinski definition) is 1. The Bertz CT molecular complexity index is 339. The van der Waals surface area contributed by atoms with E-state index in [1.165, 1.54) is 0 Å². The number of hydrogen-bond acceptors (Lipinski definition) is 3. The van der Waals surface area contributed by atoms with Crippen LogP contribution in [0, 0.1) is 0 Å². The van der Waals surface area contributed by atoms with Gasteiger partial charge in [-0.25, -0.2) is 0 Å². The van der Waals surface area contributed by atoms with Gasteiger partial charge in [-0.1, -0.05) is 23.7 Å². The highest BCUT2D eigenvalue weighted by molar-refractivity contribution is 6.30. The Morgan fingerprint density at radius 1 is 1.38 bits per heavy atom. The maximum atomic E-state index is 9.39. The molecular weight excluding hydrogens is 228 g/mol. The molecule has 1 fully saturated rings. The van der Waals surface area contributed by atoms with Gasteiger partial charge in [-0.05, 0) is 17.7 Å². The van der Waals surface area contributed by atoms with Crippen LogP contribution in [0.3, 0.4) is 0 Å². The molecule has 0 saturated heterocycles. The van der Waals surface area contributed by atoms with Gasteiger partial charge >= 0.3 is 0 Å². The molecule has 4 heteroatoms. The van der Waals surface area contributed by atoms with Gasteiger partial charge in [0.25, 0.3) is 0 Å². The van der Waals surface area contributed by atoms with E-state index in [-0.39, 0.29) is 18.3 Å². The van der Waals surface area contributed by atoms with Crippen molar-refractivity contribution < 1.29 is 14.6 Å². The summed E-state index contributed by atoms with van der Waals surface area (Å²) >= 11 is 5.78. The second-order valence-corrected chi connectivity index (χ2v) is 4.42. The number of rotatable bonds is 4. The zero-order chi connectivity index (χ0) is 11.5. The third-order valence-corrected chi connectivity index (χ3v) is 3.12. The van der Waals surface area contributed by atoms with Gasteiger partial charge in [0.15, 0.2) is 0 Å². The fraction of sp³-hybridized carbons (Fsp3) is 0.500. The van der Waals surface area contributed by atoms with Crippen LogP contribution in [0.1, 0.15) is 12.0 Å². The van der Waals surface area contributed by atoms with Crippen molar-refractivity contribution in [1.82, 2.24) is 0 Å². The van der Waals surface area contributed by atoms with Crippen molar-refractivity contribution in [2.75, 3.05) is 7.11 Å². The average molecular weight is 243 g/mol. The van der Waals surface area contributed by atoms with Crippen molar-refractivity contribution in [3.63, 3.8) is 0 Å². The highest BCUT2D eigenvalue weighted by Gasteiger charge is 2.41. The monoisotopic (exact) mass is 242 g/mol. The number of aliphatic hydroxyl groups is 1. The van der Waals surface area contributed by atoms with Gasteiger partial charge in [0.2, 0.25) is 0 Å². The van der Waals surface area contributed by atoms with Crippen LogP contribution in [0.25, 0.3) is 0 Å². The molecule has 0 amide bonds. The molecule has 16 heavy (non-hydrogen) atoms. The van der Waals surface area contributed by atoms with Crippen molar-refractivity contribution >= 4 is 11.6 Å². The number of benzene rings is 1. The predicted molar refractivity (Wildman–Crippen MR) is 61.4 cm³/mol. The average Bonchev–Trinajstić information content (AvgIpc) is 2.26. The molecule has 0 aliphatic heterocycles. The number of aliphatic hydroxyl groups excluding tert-OH is 1. The highest BCUT2D eigenvalue weighted by Crippen LogP contribution is 2.27. The van der Waals surface area contributed by atoms with E-state index in [1.54, 1.807) is 7.11 Å². The van der Waals surface area contributed by atoms with Gasteiger partial charge in [-0.15, -0.1) is 0 Å². The Morgan fingerprint density at radius 3 is 2.62 bits per heavy atom. The first-order valence-electron chi connectivity index (χ1n) is 5.27. The minimum absolute atomic E-state index is 0.00400. The quantitative estimate of drug-likeness (QED) is 0.878. The number of ether oxygens (including phenoxy) is 2. The zero-order valence-corrected chi connectivity index (χ0v) is 9.85. The lowest BCUT2D eigenvalue weighted by atomic mass is 9.88. The lowest BCUT2D eigenvalue weighted by molar-refractivity contribution is -0.185. The van der Waals surface area contributed by atoms with Gasteiger partial charge in [-0.3, -0.25) is 0 Å². The third kappa shape index (κ3) is 2.55. The molecule has 1 aliphatic rings. The summed E-state index contributed by atoms with van der Waals surface area (Å²) in [5.74, 6) is 0. The fourth-order valence-electron chi connectivity index (χ4n) is 1.81. The second kappa shape index (κ2) is 5.15. The summed E-state index contributed by atoms with van der Waals surface area (Å²) in [6.07, 6.45) is 0.0646. The van der Waals surface area contributed by atoms with Crippen molar-refractivity contribution in [3.8, 4) is 0 Å². The molecule has 3 unspecified atom stereocenters. The van der Waals surface area contributed by atoms with Gasteiger partial charge in [0, 0.05) is 18.6 Å². The first-order valence-corrected chi connectivity index (χ1v) is 5.65. The summed E-state index contributed by atoms with van der Waals surface area (Å²) in [4.78, 5) is 0. The van der Waals surface area contributed by atoms with Gasteiger partial charge < -0.3 is 14.6 Å². The summed E-state index contributed by atoms with van der Waals surface area (Å²) in [5, 5.41) is 10.1. The van der Waals surface area contributed by atoms with Crippen molar-refractivity contribution in [2.45, 2.75) is 31.3 Å². The van der Waals surface area contributed by atoms with E-state index in [1.807, 2.05) is 24.3 Å². The summed E-state index contributed by atoms with van der Waals surface area (Å²) in [7, 11) is 1.59. The highest BCUT2D eigenvalue weighted by atomic mass is 35.5. The molecule has 0 spiro atoms. The lowest BCUT2D eigenvalue weighted by Crippen LogP contribution is -2.53. The zero-order valence-electron chi connectivity index (χ0n) is 9.10. The normalized spacial score (nSPS) is 28.8. The summed E-state index contributed by atoms with van der Waals surface area (Å²) in [5.41, 5.74) is 1.07. The lowest BCUT2D eigenvalue weighted by Gasteiger charge is -2.39. The molecule has 1 saturated carbocycles. The van der Waals surface area contributed by atoms with Crippen LogP contribution in [-0.2, 0) is 16.1 Å². The molecule has 1 aromatic carbocycles. The molecule has 1 N–H and O–H groups in total. The van der Waals surface area contributed by atoms with E-state index in [0.717, 1.165) is 10.6 Å². The van der Waals surface area contributed by atoms with Crippen LogP contribution >= 0.6 is 11.6 Å². The van der Waals surface area contributed by atoms with E-state index >= 15 is 0 Å². The van der Waals surface area contributed by atoms with Gasteiger partial charge in [0.05, 0.1) is 18.8 Å². The number of methoxy groups -OCH3 is 1. The summed E-state index contributed by atoms with van der Waals surface area (Å²) in [6.45, 7) is 0.522. The Morgan fingerprint density at radius 2 is 2.06 bits per heavy atom. The Labute approximate surface area is 99.9 Å². The first-order chi connectivity index (χ1) is 7.70. The van der Waals surface area contributed by atoms with Crippen LogP contribution < -0.4 is 0 Å². The molecule has 1 aromatic rings. The van der Waals surface area contributed by atoms with Gasteiger partial charge in [0.1, 0.15) is 6.10 Å². The van der Waals surface area contributed by atoms with Crippen molar-refractivity contribution in [3.05, 3.63) is 34.9 Å². The molecule has 3 nitrogen and oxygen atoms in total. The molecule has 0 bridgehead atoms. The van der Waals surface area contributed by atoms with Crippen LogP contribution in [0.2, 0.25) is 5.02 Å². The molecule has 2 rings (SSSR count). The molecule has 0 heterocycles. The van der Waals surface area contributed by atoms with Crippen molar-refractivity contribution in [2.24, 2.45) is 0 Å². The van der Waals surface area contributed by atoms with Crippen molar-refractivity contribution in [1.29, 1.82) is 0 Å². The Hall–Kier alpha value is -0.610. The third-order valence-electron chi connectivity index (χ3n) is 2.87. The molecule has 1 aliphatic carbocycles. The summed E-state index contributed by atoms with van der Waals surface area (Å²) < 4.78 is 10.8. The Balaban J connectivity index is 1.82. The van der Waals surface area contributed by atoms with E-state index in [4.69, 9.17) is 21.1 Å². The largest absolute Gasteiger partial charge is 0.390 e. The molecule has 0 aromatic heterocycles. The maximum absolute atomic E-state index is 9.39. The molecular formula is C12H15ClO3. The Kier molecular flexibility index (Phi) is 3.82. The maximum Gasteiger partial charge on any atom is 0.109 e. The molecule has 0 radical (unpaired) electrons. The number of halogens is 1. The van der Waals surface area contributed by atoms with E-state index < -0.39 is 0 Å².